The van der Waals surface area contributed by atoms with E-state index >= 15 is 4.39 Å². The second kappa shape index (κ2) is 10.4. The number of methoxy groups -OCH3 is 1. The van der Waals surface area contributed by atoms with Gasteiger partial charge in [-0.15, -0.1) is 0 Å². The molecule has 0 aromatic heterocycles. The van der Waals surface area contributed by atoms with Gasteiger partial charge in [0, 0.05) is 38.7 Å². The summed E-state index contributed by atoms with van der Waals surface area (Å²) in [4.78, 5) is 26.0. The number of anilines is 1. The summed E-state index contributed by atoms with van der Waals surface area (Å²) in [6.07, 6.45) is 0.481. The quantitative estimate of drug-likeness (QED) is 0.303. The monoisotopic (exact) mass is 593 g/mol. The number of nitrogens with zero attached hydrogens (tertiary/aromatic N) is 1. The first-order valence-electron chi connectivity index (χ1n) is 13.3. The molecule has 1 amide bonds. The van der Waals surface area contributed by atoms with E-state index in [4.69, 9.17) is 27.9 Å². The molecule has 2 N–H and O–H groups in total. The number of carbonyl (C=O) groups excluding carboxylic acids is 2. The maximum Gasteiger partial charge on any atom is 0.242 e. The van der Waals surface area contributed by atoms with Crippen LogP contribution in [0, 0.1) is 22.6 Å². The van der Waals surface area contributed by atoms with Crippen molar-refractivity contribution in [1.29, 1.82) is 5.26 Å². The Balaban J connectivity index is 1.71. The average Bonchev–Trinajstić information content (AvgIpc) is 3.22. The summed E-state index contributed by atoms with van der Waals surface area (Å²) in [7, 11) is 1.45. The molecule has 0 radical (unpaired) electrons. The predicted molar refractivity (Wildman–Crippen MR) is 158 cm³/mol. The number of hydrogen-bond acceptors (Lipinski definition) is 5. The highest BCUT2D eigenvalue weighted by atomic mass is 35.5. The lowest BCUT2D eigenvalue weighted by atomic mass is 9.57. The van der Waals surface area contributed by atoms with E-state index in [1.807, 2.05) is 26.8 Å². The molecule has 3 aromatic rings. The zero-order chi connectivity index (χ0) is 29.9. The molecule has 41 heavy (non-hydrogen) atoms. The lowest BCUT2D eigenvalue weighted by Gasteiger charge is -2.42. The summed E-state index contributed by atoms with van der Waals surface area (Å²) < 4.78 is 21.5. The number of fused-ring (bicyclic) bond motifs is 6. The molecule has 0 unspecified atom stereocenters. The third-order valence-corrected chi connectivity index (χ3v) is 8.56. The van der Waals surface area contributed by atoms with Gasteiger partial charge >= 0.3 is 0 Å². The molecule has 1 aliphatic carbocycles. The second-order valence-corrected chi connectivity index (χ2v) is 12.7. The van der Waals surface area contributed by atoms with Crippen LogP contribution in [0.4, 0.5) is 10.1 Å². The Morgan fingerprint density at radius 1 is 1.17 bits per heavy atom. The number of nitriles is 1. The van der Waals surface area contributed by atoms with Crippen molar-refractivity contribution in [3.63, 3.8) is 0 Å². The van der Waals surface area contributed by atoms with Crippen molar-refractivity contribution < 1.29 is 18.7 Å². The van der Waals surface area contributed by atoms with E-state index in [1.165, 1.54) is 20.1 Å². The van der Waals surface area contributed by atoms with Crippen molar-refractivity contribution in [2.24, 2.45) is 5.41 Å². The lowest BCUT2D eigenvalue weighted by Crippen LogP contribution is -2.46. The summed E-state index contributed by atoms with van der Waals surface area (Å²) in [6, 6.07) is 13.9. The highest BCUT2D eigenvalue weighted by Crippen LogP contribution is 2.60. The van der Waals surface area contributed by atoms with E-state index in [2.05, 4.69) is 16.7 Å². The van der Waals surface area contributed by atoms with Crippen LogP contribution in [-0.2, 0) is 10.2 Å². The first-order valence-corrected chi connectivity index (χ1v) is 14.0. The fourth-order valence-corrected chi connectivity index (χ4v) is 6.93. The molecule has 3 aromatic carbocycles. The molecule has 4 atom stereocenters. The molecule has 1 aliphatic heterocycles. The van der Waals surface area contributed by atoms with E-state index in [0.29, 0.717) is 45.1 Å². The minimum absolute atomic E-state index is 0.140. The number of benzene rings is 3. The van der Waals surface area contributed by atoms with Crippen LogP contribution in [0.15, 0.2) is 48.5 Å². The van der Waals surface area contributed by atoms with Gasteiger partial charge in [0.05, 0.1) is 24.9 Å². The van der Waals surface area contributed by atoms with Gasteiger partial charge in [0.2, 0.25) is 5.91 Å². The molecule has 5 rings (SSSR count). The number of amides is 1. The Labute approximate surface area is 248 Å². The van der Waals surface area contributed by atoms with Crippen LogP contribution in [-0.4, -0.2) is 30.9 Å². The third-order valence-electron chi connectivity index (χ3n) is 8.02. The highest BCUT2D eigenvalue weighted by molar-refractivity contribution is 6.34. The minimum Gasteiger partial charge on any atom is -0.495 e. The fraction of sp³-hybridized carbons (Fsp3) is 0.344. The van der Waals surface area contributed by atoms with Gasteiger partial charge in [0.15, 0.2) is 5.78 Å². The molecule has 0 saturated carbocycles. The number of halogens is 3. The van der Waals surface area contributed by atoms with Crippen LogP contribution < -0.4 is 15.4 Å². The number of rotatable bonds is 5. The normalized spacial score (nSPS) is 22.7. The van der Waals surface area contributed by atoms with Crippen molar-refractivity contribution in [2.45, 2.75) is 57.5 Å². The molecule has 1 fully saturated rings. The van der Waals surface area contributed by atoms with E-state index in [9.17, 15) is 14.9 Å². The maximum absolute atomic E-state index is 16.1. The van der Waals surface area contributed by atoms with Crippen LogP contribution in [0.25, 0.3) is 11.1 Å². The molecular formula is C32H30Cl2FN3O3. The van der Waals surface area contributed by atoms with E-state index < -0.39 is 35.1 Å². The SMILES string of the molecule is COc1cc(C(C)=O)ccc1NC(=O)[C@@H]1N[C@@H](CC(C)(C)C)[C@]2(C#N)c3c(F)cc(Cl)cc3-c3c(Cl)cccc3[C@@H]12. The number of carbonyl (C=O) groups is 2. The summed E-state index contributed by atoms with van der Waals surface area (Å²) in [6.45, 7) is 7.56. The Bertz CT molecular complexity index is 1630. The first-order chi connectivity index (χ1) is 19.3. The van der Waals surface area contributed by atoms with E-state index in [1.54, 1.807) is 36.4 Å². The van der Waals surface area contributed by atoms with Crippen LogP contribution in [0.2, 0.25) is 10.0 Å². The predicted octanol–water partition coefficient (Wildman–Crippen LogP) is 7.28. The van der Waals surface area contributed by atoms with E-state index in [-0.39, 0.29) is 21.8 Å². The van der Waals surface area contributed by atoms with Gasteiger partial charge in [-0.05, 0) is 66.3 Å². The van der Waals surface area contributed by atoms with Gasteiger partial charge in [0.25, 0.3) is 0 Å². The lowest BCUT2D eigenvalue weighted by molar-refractivity contribution is -0.118. The van der Waals surface area contributed by atoms with Crippen LogP contribution >= 0.6 is 23.2 Å². The summed E-state index contributed by atoms with van der Waals surface area (Å²) in [5.41, 5.74) is 0.963. The first kappa shape index (κ1) is 29.1. The Morgan fingerprint density at radius 2 is 1.90 bits per heavy atom. The molecule has 2 aliphatic rings. The zero-order valence-electron chi connectivity index (χ0n) is 23.4. The van der Waals surface area contributed by atoms with Gasteiger partial charge in [0.1, 0.15) is 17.0 Å². The largest absolute Gasteiger partial charge is 0.495 e. The number of Topliss-reactive ketones (excluding diaryl/α,β-unsaturated/α-hetero) is 1. The minimum atomic E-state index is -1.44. The van der Waals surface area contributed by atoms with Crippen molar-refractivity contribution in [1.82, 2.24) is 5.32 Å². The molecule has 6 nitrogen and oxygen atoms in total. The molecule has 9 heteroatoms. The van der Waals surface area contributed by atoms with Crippen molar-refractivity contribution in [3.05, 3.63) is 81.1 Å². The van der Waals surface area contributed by atoms with Crippen molar-refractivity contribution in [2.75, 3.05) is 12.4 Å². The average molecular weight is 595 g/mol. The molecule has 1 heterocycles. The smallest absolute Gasteiger partial charge is 0.242 e. The second-order valence-electron chi connectivity index (χ2n) is 11.9. The van der Waals surface area contributed by atoms with Gasteiger partial charge in [-0.1, -0.05) is 56.1 Å². The van der Waals surface area contributed by atoms with Gasteiger partial charge in [-0.3, -0.25) is 9.59 Å². The summed E-state index contributed by atoms with van der Waals surface area (Å²) in [5.74, 6) is -1.64. The molecule has 0 spiro atoms. The maximum atomic E-state index is 16.1. The van der Waals surface area contributed by atoms with Crippen LogP contribution in [0.5, 0.6) is 5.75 Å². The van der Waals surface area contributed by atoms with Crippen molar-refractivity contribution >= 4 is 40.6 Å². The summed E-state index contributed by atoms with van der Waals surface area (Å²) >= 11 is 13.0. The highest BCUT2D eigenvalue weighted by Gasteiger charge is 2.63. The van der Waals surface area contributed by atoms with Gasteiger partial charge in [-0.25, -0.2) is 4.39 Å². The number of ketones is 1. The van der Waals surface area contributed by atoms with Gasteiger partial charge in [-0.2, -0.15) is 5.26 Å². The van der Waals surface area contributed by atoms with Crippen LogP contribution in [0.1, 0.15) is 61.5 Å². The third kappa shape index (κ3) is 4.78. The molecular weight excluding hydrogens is 564 g/mol. The zero-order valence-corrected chi connectivity index (χ0v) is 24.9. The summed E-state index contributed by atoms with van der Waals surface area (Å²) in [5, 5.41) is 17.9. The van der Waals surface area contributed by atoms with Crippen LogP contribution in [0.3, 0.4) is 0 Å². The topological polar surface area (TPSA) is 91.2 Å². The fourth-order valence-electron chi connectivity index (χ4n) is 6.44. The molecule has 0 bridgehead atoms. The van der Waals surface area contributed by atoms with E-state index in [0.717, 1.165) is 0 Å². The Hall–Kier alpha value is -3.44. The van der Waals surface area contributed by atoms with Gasteiger partial charge < -0.3 is 15.4 Å². The Kier molecular flexibility index (Phi) is 7.40. The number of ether oxygens (including phenoxy) is 1. The van der Waals surface area contributed by atoms with Crippen molar-refractivity contribution in [3.8, 4) is 22.9 Å². The molecule has 1 saturated heterocycles. The Morgan fingerprint density at radius 3 is 2.54 bits per heavy atom. The standard InChI is InChI=1S/C32H30Cl2FN3O3/c1-16(39)17-9-10-23(24(11-17)41-5)37-30(40)29-28-19-7-6-8-21(34)26(19)20-12-18(33)13-22(35)27(20)32(28,15-36)25(38-29)14-31(2,3)4/h6-13,25,28-29,38H,14H2,1-5H3,(H,37,40)/t25-,28-,29+,32+/m0/s1. The molecule has 212 valence electrons. The number of nitrogens with one attached hydrogen (secondary N) is 2. The number of hydrogen-bond donors (Lipinski definition) is 2.